The predicted molar refractivity (Wildman–Crippen MR) is 371 cm³/mol. The Kier molecular flexibility index (Phi) is 19.2. The summed E-state index contributed by atoms with van der Waals surface area (Å²) in [4.78, 5) is 64.4. The van der Waals surface area contributed by atoms with Crippen LogP contribution in [0.25, 0.3) is 67.5 Å². The quantitative estimate of drug-likeness (QED) is 0.0576. The predicted octanol–water partition coefficient (Wildman–Crippen LogP) is 16.9. The summed E-state index contributed by atoms with van der Waals surface area (Å²) in [5.74, 6) is 3.60. The van der Waals surface area contributed by atoms with Gasteiger partial charge in [0.05, 0.1) is 19.8 Å². The third-order valence-electron chi connectivity index (χ3n) is 15.7. The minimum atomic E-state index is 0.0487. The van der Waals surface area contributed by atoms with Crippen LogP contribution in [0.2, 0.25) is 0 Å². The molecular formula is C75H69N15O6. The van der Waals surface area contributed by atoms with Crippen molar-refractivity contribution >= 4 is 34.9 Å². The monoisotopic (exact) mass is 1280 g/mol. The fourth-order valence-corrected chi connectivity index (χ4v) is 10.6. The molecule has 0 fully saturated rings. The van der Waals surface area contributed by atoms with Crippen molar-refractivity contribution < 1.29 is 28.4 Å². The van der Waals surface area contributed by atoms with Gasteiger partial charge in [0.15, 0.2) is 17.5 Å². The van der Waals surface area contributed by atoms with Gasteiger partial charge in [0, 0.05) is 53.4 Å². The molecule has 32 rings (SSSR count). The summed E-state index contributed by atoms with van der Waals surface area (Å²) in [6, 6.07) is 53.8. The lowest BCUT2D eigenvalue weighted by Gasteiger charge is -2.22. The molecule has 21 nitrogen and oxygen atoms in total. The minimum Gasteiger partial charge on any atom is -0.463 e. The van der Waals surface area contributed by atoms with Crippen molar-refractivity contribution in [2.24, 2.45) is 0 Å². The fourth-order valence-electron chi connectivity index (χ4n) is 10.6. The summed E-state index contributed by atoms with van der Waals surface area (Å²) in [6.07, 6.45) is 10.5. The van der Waals surface area contributed by atoms with Crippen LogP contribution in [0.5, 0.6) is 53.3 Å². The molecule has 0 N–H and O–H groups in total. The Hall–Kier alpha value is -12.0. The molecule has 25 heterocycles. The second-order valence-corrected chi connectivity index (χ2v) is 22.5. The van der Waals surface area contributed by atoms with Crippen LogP contribution in [0.15, 0.2) is 202 Å². The first-order chi connectivity index (χ1) is 47.2. The molecule has 0 spiro atoms. The normalized spacial score (nSPS) is 12.1. The molecule has 0 atom stereocenters. The standard InChI is InChI=1S/C75H69N15O6/c1-7-13-43-91-70-79-67-82-73(85-70)94-61-34-22-49(23-35-61)55-46-56-48-57(47-55)51-26-38-63(39-27-51)96-75-84-69(81-72(87-75)93-45-15-9-3)90(42-12-6)60-32-20-54(21-33-60)66-77-64(52-16-28-58(29-17-52)88(67)40-10-4)76-65(78-66)53-18-30-59(31-19-53)89(41-11-5)68-80-71(92-44-14-8-2)86-74(83-68)95-62-36-24-50(56)25-37-62/h10-12,16-39,46-48H,4-9,13-15,40-45H2,1-3H3. The van der Waals surface area contributed by atoms with E-state index in [1.54, 1.807) is 18.2 Å². The zero-order chi connectivity index (χ0) is 65.7. The van der Waals surface area contributed by atoms with Gasteiger partial charge in [0.1, 0.15) is 17.2 Å². The topological polar surface area (TPSA) is 220 Å². The molecular weight excluding hydrogens is 1210 g/mol. The van der Waals surface area contributed by atoms with Crippen LogP contribution in [0.1, 0.15) is 59.3 Å². The zero-order valence-corrected chi connectivity index (χ0v) is 53.6. The van der Waals surface area contributed by atoms with Crippen molar-refractivity contribution in [1.82, 2.24) is 59.8 Å². The molecule has 0 unspecified atom stereocenters. The van der Waals surface area contributed by atoms with E-state index in [-0.39, 0.29) is 36.1 Å². The van der Waals surface area contributed by atoms with Crippen molar-refractivity contribution in [3.63, 3.8) is 0 Å². The Labute approximate surface area is 556 Å². The van der Waals surface area contributed by atoms with Crippen LogP contribution in [-0.2, 0) is 0 Å². The Bertz CT molecular complexity index is 4060. The molecule has 0 amide bonds. The second-order valence-electron chi connectivity index (χ2n) is 22.5. The number of unbranched alkanes of at least 4 members (excludes halogenated alkanes) is 3. The van der Waals surface area contributed by atoms with Crippen LogP contribution in [0, 0.1) is 0 Å². The van der Waals surface area contributed by atoms with E-state index < -0.39 is 0 Å². The molecule has 0 radical (unpaired) electrons. The van der Waals surface area contributed by atoms with Crippen molar-refractivity contribution in [3.8, 4) is 121 Å². The number of hydrogen-bond acceptors (Lipinski definition) is 21. The lowest BCUT2D eigenvalue weighted by molar-refractivity contribution is 0.278. The Morgan fingerprint density at radius 1 is 0.312 bits per heavy atom. The molecule has 7 aromatic carbocycles. The lowest BCUT2D eigenvalue weighted by Crippen LogP contribution is -2.20. The Morgan fingerprint density at radius 2 is 0.573 bits per heavy atom. The highest BCUT2D eigenvalue weighted by molar-refractivity contribution is 5.82. The molecule has 96 heavy (non-hydrogen) atoms. The third-order valence-corrected chi connectivity index (χ3v) is 15.7. The summed E-state index contributed by atoms with van der Waals surface area (Å²) in [6.45, 7) is 20.8. The zero-order valence-electron chi connectivity index (χ0n) is 53.6. The SMILES string of the molecule is C=CCN1c2ccc(cc2)-c2nc3nc(n2)-c2ccc(cc2)N(CC=C)c2nc(OCCCC)nc(n2)Oc2ccc(cc2)-c2cc(cc(c2)-c2ccc(cc2)Oc2nc(OCCCC)nc(n2)N(CC=C)c2ccc-3cc2)-c2ccc(cc2)Oc2nc(OCCCC)nc1n2. The molecule has 21 aliphatic rings. The van der Waals surface area contributed by atoms with E-state index >= 15 is 0 Å². The van der Waals surface area contributed by atoms with Crippen molar-refractivity contribution in [3.05, 3.63) is 202 Å². The van der Waals surface area contributed by atoms with E-state index in [1.807, 2.05) is 160 Å². The molecule has 21 heteroatoms. The van der Waals surface area contributed by atoms with Crippen molar-refractivity contribution in [2.45, 2.75) is 59.3 Å². The molecule has 480 valence electrons. The second kappa shape index (κ2) is 29.3. The van der Waals surface area contributed by atoms with Crippen LogP contribution in [0.3, 0.4) is 0 Å². The summed E-state index contributed by atoms with van der Waals surface area (Å²) in [7, 11) is 0. The first kappa shape index (κ1) is 62.8. The van der Waals surface area contributed by atoms with Gasteiger partial charge in [-0.15, -0.1) is 34.7 Å². The van der Waals surface area contributed by atoms with E-state index in [2.05, 4.69) is 73.7 Å². The van der Waals surface area contributed by atoms with Crippen molar-refractivity contribution in [2.75, 3.05) is 54.2 Å². The maximum atomic E-state index is 6.50. The minimum absolute atomic E-state index is 0.0487. The molecule has 4 aromatic heterocycles. The highest BCUT2D eigenvalue weighted by Gasteiger charge is 2.24. The molecule has 24 bridgehead atoms. The van der Waals surface area contributed by atoms with E-state index in [0.717, 1.165) is 89.0 Å². The van der Waals surface area contributed by atoms with Gasteiger partial charge in [0.2, 0.25) is 17.8 Å². The van der Waals surface area contributed by atoms with Gasteiger partial charge in [-0.3, -0.25) is 0 Å². The maximum Gasteiger partial charge on any atom is 0.330 e. The number of aromatic nitrogens is 12. The van der Waals surface area contributed by atoms with E-state index in [1.165, 1.54) is 0 Å². The largest absolute Gasteiger partial charge is 0.463 e. The van der Waals surface area contributed by atoms with E-state index in [9.17, 15) is 0 Å². The average molecular weight is 1280 g/mol. The first-order valence-electron chi connectivity index (χ1n) is 32.1. The number of anilines is 6. The van der Waals surface area contributed by atoms with Crippen molar-refractivity contribution in [1.29, 1.82) is 0 Å². The molecule has 0 aliphatic carbocycles. The first-order valence-corrected chi connectivity index (χ1v) is 32.1. The number of ether oxygens (including phenoxy) is 6. The van der Waals surface area contributed by atoms with Gasteiger partial charge in [-0.25, -0.2) is 15.0 Å². The summed E-state index contributed by atoms with van der Waals surface area (Å²) < 4.78 is 38.0. The number of nitrogens with zero attached hydrogens (tertiary/aromatic N) is 15. The number of benzene rings is 7. The van der Waals surface area contributed by atoms with Crippen LogP contribution >= 0.6 is 0 Å². The van der Waals surface area contributed by atoms with Crippen LogP contribution in [-0.4, -0.2) is 99.3 Å². The van der Waals surface area contributed by atoms with Gasteiger partial charge in [-0.2, -0.15) is 29.9 Å². The Balaban J connectivity index is 1.03. The maximum absolute atomic E-state index is 6.50. The number of hydrogen-bond donors (Lipinski definition) is 0. The van der Waals surface area contributed by atoms with Gasteiger partial charge in [-0.05, 0) is 180 Å². The molecule has 21 aliphatic heterocycles. The third kappa shape index (κ3) is 14.6. The van der Waals surface area contributed by atoms with Gasteiger partial charge in [0.25, 0.3) is 0 Å². The average Bonchev–Trinajstić information content (AvgIpc) is 0.836. The summed E-state index contributed by atoms with van der Waals surface area (Å²) in [5, 5.41) is 0. The summed E-state index contributed by atoms with van der Waals surface area (Å²) >= 11 is 0. The van der Waals surface area contributed by atoms with Gasteiger partial charge in [-0.1, -0.05) is 94.7 Å². The molecule has 0 saturated carbocycles. The highest BCUT2D eigenvalue weighted by Crippen LogP contribution is 2.39. The van der Waals surface area contributed by atoms with Gasteiger partial charge < -0.3 is 43.1 Å². The van der Waals surface area contributed by atoms with Crippen LogP contribution < -0.4 is 43.1 Å². The lowest BCUT2D eigenvalue weighted by atomic mass is 9.93. The van der Waals surface area contributed by atoms with E-state index in [0.29, 0.717) is 109 Å². The molecule has 0 saturated heterocycles. The number of rotatable bonds is 18. The smallest absolute Gasteiger partial charge is 0.330 e. The van der Waals surface area contributed by atoms with Gasteiger partial charge >= 0.3 is 36.1 Å². The molecule has 11 aromatic rings. The van der Waals surface area contributed by atoms with Crippen LogP contribution in [0.4, 0.5) is 34.9 Å². The summed E-state index contributed by atoms with van der Waals surface area (Å²) in [5.41, 5.74) is 9.90. The van der Waals surface area contributed by atoms with E-state index in [4.69, 9.17) is 73.3 Å². The highest BCUT2D eigenvalue weighted by atomic mass is 16.5. The fraction of sp³-hybridized carbons (Fsp3) is 0.200. The Morgan fingerprint density at radius 3 is 0.823 bits per heavy atom.